The molecule has 1 aromatic heterocycles. The van der Waals surface area contributed by atoms with Crippen molar-refractivity contribution in [3.8, 4) is 0 Å². The lowest BCUT2D eigenvalue weighted by Gasteiger charge is -2.25. The summed E-state index contributed by atoms with van der Waals surface area (Å²) in [6, 6.07) is 8.18. The van der Waals surface area contributed by atoms with Gasteiger partial charge in [0.25, 0.3) is 0 Å². The van der Waals surface area contributed by atoms with E-state index in [-0.39, 0.29) is 18.3 Å². The van der Waals surface area contributed by atoms with Crippen LogP contribution >= 0.6 is 0 Å². The molecule has 2 aromatic rings. The van der Waals surface area contributed by atoms with E-state index in [4.69, 9.17) is 4.74 Å². The Morgan fingerprint density at radius 2 is 2.00 bits per heavy atom. The number of nitrogens with one attached hydrogen (secondary N) is 4. The zero-order chi connectivity index (χ0) is 22.2. The van der Waals surface area contributed by atoms with Gasteiger partial charge in [-0.2, -0.15) is 0 Å². The summed E-state index contributed by atoms with van der Waals surface area (Å²) in [7, 11) is 0. The number of hydrogen-bond acceptors (Lipinski definition) is 8. The van der Waals surface area contributed by atoms with Crippen LogP contribution in [0.15, 0.2) is 30.3 Å². The molecule has 1 unspecified atom stereocenters. The van der Waals surface area contributed by atoms with E-state index in [2.05, 4.69) is 36.1 Å². The molecule has 31 heavy (non-hydrogen) atoms. The third-order valence-corrected chi connectivity index (χ3v) is 4.69. The highest BCUT2D eigenvalue weighted by Gasteiger charge is 2.23. The zero-order valence-corrected chi connectivity index (χ0v) is 18.1. The van der Waals surface area contributed by atoms with Crippen LogP contribution in [0.3, 0.4) is 0 Å². The summed E-state index contributed by atoms with van der Waals surface area (Å²) in [5.41, 5.74) is 1.96. The number of aryl methyl sites for hydroxylation is 2. The molecule has 1 fully saturated rings. The SMILES string of the molecule is CCOC(=O)c1ccc(NC(=O)NCCN2CCNC2Nc2cc(C)nc(C)n2)cc1. The summed E-state index contributed by atoms with van der Waals surface area (Å²) in [4.78, 5) is 34.8. The number of urea groups is 1. The van der Waals surface area contributed by atoms with Crippen molar-refractivity contribution in [1.82, 2.24) is 25.5 Å². The number of carbonyl (C=O) groups is 2. The van der Waals surface area contributed by atoms with Gasteiger partial charge in [0.05, 0.1) is 12.2 Å². The Labute approximate surface area is 181 Å². The van der Waals surface area contributed by atoms with Crippen molar-refractivity contribution in [1.29, 1.82) is 0 Å². The Morgan fingerprint density at radius 3 is 2.71 bits per heavy atom. The van der Waals surface area contributed by atoms with Gasteiger partial charge < -0.3 is 20.7 Å². The van der Waals surface area contributed by atoms with Gasteiger partial charge >= 0.3 is 12.0 Å². The van der Waals surface area contributed by atoms with Crippen molar-refractivity contribution in [2.45, 2.75) is 27.1 Å². The van der Waals surface area contributed by atoms with Crippen molar-refractivity contribution in [2.24, 2.45) is 0 Å². The highest BCUT2D eigenvalue weighted by molar-refractivity contribution is 5.92. The first-order valence-electron chi connectivity index (χ1n) is 10.3. The molecule has 0 spiro atoms. The molecule has 10 heteroatoms. The van der Waals surface area contributed by atoms with Crippen LogP contribution in [0.25, 0.3) is 0 Å². The van der Waals surface area contributed by atoms with E-state index >= 15 is 0 Å². The highest BCUT2D eigenvalue weighted by atomic mass is 16.5. The Hall–Kier alpha value is -3.24. The molecule has 1 aliphatic heterocycles. The van der Waals surface area contributed by atoms with Crippen LogP contribution < -0.4 is 21.3 Å². The molecule has 0 bridgehead atoms. The average molecular weight is 428 g/mol. The minimum atomic E-state index is -0.381. The van der Waals surface area contributed by atoms with E-state index in [1.165, 1.54) is 0 Å². The fourth-order valence-corrected chi connectivity index (χ4v) is 3.31. The molecule has 2 amide bonds. The smallest absolute Gasteiger partial charge is 0.338 e. The molecule has 166 valence electrons. The van der Waals surface area contributed by atoms with Gasteiger partial charge in [0, 0.05) is 43.6 Å². The van der Waals surface area contributed by atoms with Gasteiger partial charge in [-0.25, -0.2) is 19.6 Å². The number of carbonyl (C=O) groups excluding carboxylic acids is 2. The maximum Gasteiger partial charge on any atom is 0.338 e. The normalized spacial score (nSPS) is 16.0. The monoisotopic (exact) mass is 427 g/mol. The van der Waals surface area contributed by atoms with E-state index < -0.39 is 0 Å². The quantitative estimate of drug-likeness (QED) is 0.470. The minimum Gasteiger partial charge on any atom is -0.462 e. The van der Waals surface area contributed by atoms with Crippen molar-refractivity contribution in [3.05, 3.63) is 47.4 Å². The standard InChI is InChI=1S/C21H29N7O3/c1-4-31-19(29)16-5-7-17(8-6-16)26-21(30)23-10-12-28-11-9-22-20(28)27-18-13-14(2)24-15(3)25-18/h5-8,13,20,22H,4,9-12H2,1-3H3,(H2,23,26,30)(H,24,25,27). The molecular formula is C21H29N7O3. The molecule has 0 saturated carbocycles. The first-order chi connectivity index (χ1) is 14.9. The summed E-state index contributed by atoms with van der Waals surface area (Å²) in [6.45, 7) is 8.74. The van der Waals surface area contributed by atoms with E-state index in [1.807, 2.05) is 19.9 Å². The van der Waals surface area contributed by atoms with Crippen LogP contribution in [-0.4, -0.2) is 65.9 Å². The Balaban J connectivity index is 1.43. The average Bonchev–Trinajstić information content (AvgIpc) is 3.15. The molecule has 3 rings (SSSR count). The third-order valence-electron chi connectivity index (χ3n) is 4.69. The second kappa shape index (κ2) is 10.7. The predicted octanol–water partition coefficient (Wildman–Crippen LogP) is 1.69. The maximum atomic E-state index is 12.2. The summed E-state index contributed by atoms with van der Waals surface area (Å²) in [6.07, 6.45) is -0.0611. The molecule has 0 aliphatic carbocycles. The van der Waals surface area contributed by atoms with Gasteiger partial charge in [-0.05, 0) is 45.0 Å². The van der Waals surface area contributed by atoms with Gasteiger partial charge in [0.1, 0.15) is 17.9 Å². The molecule has 1 aromatic carbocycles. The largest absolute Gasteiger partial charge is 0.462 e. The minimum absolute atomic E-state index is 0.0611. The second-order valence-corrected chi connectivity index (χ2v) is 7.16. The number of anilines is 2. The lowest BCUT2D eigenvalue weighted by molar-refractivity contribution is 0.0526. The topological polar surface area (TPSA) is 121 Å². The maximum absolute atomic E-state index is 12.2. The first kappa shape index (κ1) is 22.4. The van der Waals surface area contributed by atoms with E-state index in [1.54, 1.807) is 31.2 Å². The number of amides is 2. The molecule has 1 atom stereocenters. The Bertz CT molecular complexity index is 884. The van der Waals surface area contributed by atoms with E-state index in [0.717, 1.165) is 30.4 Å². The van der Waals surface area contributed by atoms with Crippen LogP contribution in [-0.2, 0) is 4.74 Å². The second-order valence-electron chi connectivity index (χ2n) is 7.16. The van der Waals surface area contributed by atoms with Gasteiger partial charge in [0.2, 0.25) is 0 Å². The highest BCUT2D eigenvalue weighted by Crippen LogP contribution is 2.12. The number of aromatic nitrogens is 2. The zero-order valence-electron chi connectivity index (χ0n) is 18.1. The van der Waals surface area contributed by atoms with Crippen LogP contribution in [0, 0.1) is 13.8 Å². The van der Waals surface area contributed by atoms with Gasteiger partial charge in [-0.1, -0.05) is 0 Å². The van der Waals surface area contributed by atoms with Crippen LogP contribution in [0.5, 0.6) is 0 Å². The van der Waals surface area contributed by atoms with Gasteiger partial charge in [-0.3, -0.25) is 10.2 Å². The summed E-state index contributed by atoms with van der Waals surface area (Å²) >= 11 is 0. The molecule has 0 radical (unpaired) electrons. The predicted molar refractivity (Wildman–Crippen MR) is 118 cm³/mol. The number of rotatable bonds is 8. The molecule has 1 aliphatic rings. The van der Waals surface area contributed by atoms with Crippen molar-refractivity contribution in [3.63, 3.8) is 0 Å². The molecule has 2 heterocycles. The van der Waals surface area contributed by atoms with Crippen LogP contribution in [0.2, 0.25) is 0 Å². The Kier molecular flexibility index (Phi) is 7.74. The number of hydrogen-bond donors (Lipinski definition) is 4. The summed E-state index contributed by atoms with van der Waals surface area (Å²) in [5.74, 6) is 1.11. The van der Waals surface area contributed by atoms with Crippen LogP contribution in [0.4, 0.5) is 16.3 Å². The fourth-order valence-electron chi connectivity index (χ4n) is 3.31. The number of ether oxygens (including phenoxy) is 1. The van der Waals surface area contributed by atoms with Crippen molar-refractivity contribution >= 4 is 23.5 Å². The molecule has 4 N–H and O–H groups in total. The van der Waals surface area contributed by atoms with E-state index in [0.29, 0.717) is 30.9 Å². The third kappa shape index (κ3) is 6.63. The lowest BCUT2D eigenvalue weighted by Crippen LogP contribution is -2.46. The van der Waals surface area contributed by atoms with Crippen LogP contribution in [0.1, 0.15) is 28.8 Å². The fraction of sp³-hybridized carbons (Fsp3) is 0.429. The molecule has 1 saturated heterocycles. The van der Waals surface area contributed by atoms with E-state index in [9.17, 15) is 9.59 Å². The lowest BCUT2D eigenvalue weighted by atomic mass is 10.2. The first-order valence-corrected chi connectivity index (χ1v) is 10.3. The number of esters is 1. The number of benzene rings is 1. The summed E-state index contributed by atoms with van der Waals surface area (Å²) in [5, 5.41) is 12.4. The van der Waals surface area contributed by atoms with Crippen molar-refractivity contribution in [2.75, 3.05) is 43.4 Å². The number of nitrogens with zero attached hydrogens (tertiary/aromatic N) is 3. The Morgan fingerprint density at radius 1 is 1.23 bits per heavy atom. The molecule has 10 nitrogen and oxygen atoms in total. The van der Waals surface area contributed by atoms with Gasteiger partial charge in [-0.15, -0.1) is 0 Å². The molecular weight excluding hydrogens is 398 g/mol. The van der Waals surface area contributed by atoms with Gasteiger partial charge in [0.15, 0.2) is 0 Å². The summed E-state index contributed by atoms with van der Waals surface area (Å²) < 4.78 is 4.95. The van der Waals surface area contributed by atoms with Crippen molar-refractivity contribution < 1.29 is 14.3 Å².